The zero-order valence-corrected chi connectivity index (χ0v) is 21.2. The number of carbonyl (C=O) groups excluding carboxylic acids is 1. The molecule has 0 saturated carbocycles. The molecule has 3 atom stereocenters. The zero-order chi connectivity index (χ0) is 25.2. The third-order valence-corrected chi connectivity index (χ3v) is 8.87. The number of amides is 1. The number of hydrogen-bond acceptors (Lipinski definition) is 4. The van der Waals surface area contributed by atoms with E-state index in [9.17, 15) is 13.2 Å². The lowest BCUT2D eigenvalue weighted by Crippen LogP contribution is -2.37. The number of ether oxygens (including phenoxy) is 1. The van der Waals surface area contributed by atoms with Crippen LogP contribution in [0.3, 0.4) is 0 Å². The van der Waals surface area contributed by atoms with Gasteiger partial charge < -0.3 is 9.64 Å². The molecule has 182 valence electrons. The van der Waals surface area contributed by atoms with Crippen LogP contribution in [0.2, 0.25) is 0 Å². The standard InChI is InChI=1S/C29H31NO4S/c1-5-26-27(18-22-12-14-24(34-4)15-13-22)30(19-23-10-6-20(2)7-11-23)29(31)28(26)35(32,33)25-16-8-21(3)9-17-25/h5-17,26-28H,1,18-19H2,2-4H3/t26-,27+,28+/m0/s1. The maximum atomic E-state index is 13.8. The van der Waals surface area contributed by atoms with Gasteiger partial charge in [0.15, 0.2) is 15.1 Å². The summed E-state index contributed by atoms with van der Waals surface area (Å²) >= 11 is 0. The second kappa shape index (κ2) is 10.1. The van der Waals surface area contributed by atoms with Crippen LogP contribution in [0.25, 0.3) is 0 Å². The average molecular weight is 490 g/mol. The van der Waals surface area contributed by atoms with E-state index in [0.717, 1.165) is 28.0 Å². The Morgan fingerprint density at radius 1 is 0.886 bits per heavy atom. The number of likely N-dealkylation sites (tertiary alicyclic amines) is 1. The van der Waals surface area contributed by atoms with Gasteiger partial charge in [0.1, 0.15) is 5.75 Å². The van der Waals surface area contributed by atoms with Crippen molar-refractivity contribution in [2.75, 3.05) is 7.11 Å². The molecule has 3 aromatic carbocycles. The van der Waals surface area contributed by atoms with E-state index >= 15 is 0 Å². The summed E-state index contributed by atoms with van der Waals surface area (Å²) in [6, 6.07) is 22.0. The molecule has 5 nitrogen and oxygen atoms in total. The van der Waals surface area contributed by atoms with Crippen molar-refractivity contribution in [3.05, 3.63) is 108 Å². The van der Waals surface area contributed by atoms with Crippen LogP contribution in [0, 0.1) is 19.8 Å². The predicted octanol–water partition coefficient (Wildman–Crippen LogP) is 4.91. The SMILES string of the molecule is C=C[C@H]1[C@@H](Cc2ccc(OC)cc2)N(Cc2ccc(C)cc2)C(=O)[C@@H]1S(=O)(=O)c1ccc(C)cc1. The quantitative estimate of drug-likeness (QED) is 0.422. The van der Waals surface area contributed by atoms with Crippen molar-refractivity contribution in [1.29, 1.82) is 0 Å². The second-order valence-corrected chi connectivity index (χ2v) is 11.2. The second-order valence-electron chi connectivity index (χ2n) is 9.16. The van der Waals surface area contributed by atoms with E-state index in [1.807, 2.05) is 62.4 Å². The van der Waals surface area contributed by atoms with Gasteiger partial charge in [-0.15, -0.1) is 6.58 Å². The van der Waals surface area contributed by atoms with E-state index < -0.39 is 21.0 Å². The molecule has 4 rings (SSSR count). The van der Waals surface area contributed by atoms with Gasteiger partial charge in [0, 0.05) is 18.5 Å². The predicted molar refractivity (Wildman–Crippen MR) is 138 cm³/mol. The fraction of sp³-hybridized carbons (Fsp3) is 0.276. The number of carbonyl (C=O) groups is 1. The molecule has 1 aliphatic rings. The normalized spacial score (nSPS) is 20.1. The molecule has 1 amide bonds. The first-order chi connectivity index (χ1) is 16.7. The van der Waals surface area contributed by atoms with Crippen molar-refractivity contribution in [1.82, 2.24) is 4.90 Å². The molecule has 0 aliphatic carbocycles. The summed E-state index contributed by atoms with van der Waals surface area (Å²) in [5.41, 5.74) is 4.04. The van der Waals surface area contributed by atoms with Crippen LogP contribution in [0.15, 0.2) is 90.3 Å². The molecule has 3 aromatic rings. The number of methoxy groups -OCH3 is 1. The Labute approximate surface area is 208 Å². The van der Waals surface area contributed by atoms with Crippen molar-refractivity contribution in [2.45, 2.75) is 43.0 Å². The monoisotopic (exact) mass is 489 g/mol. The van der Waals surface area contributed by atoms with Gasteiger partial charge in [-0.1, -0.05) is 65.7 Å². The van der Waals surface area contributed by atoms with Crippen LogP contribution in [-0.2, 0) is 27.6 Å². The Morgan fingerprint density at radius 3 is 1.97 bits per heavy atom. The number of rotatable bonds is 8. The first kappa shape index (κ1) is 24.7. The maximum Gasteiger partial charge on any atom is 0.242 e. The smallest absolute Gasteiger partial charge is 0.242 e. The highest BCUT2D eigenvalue weighted by atomic mass is 32.2. The number of benzene rings is 3. The van der Waals surface area contributed by atoms with E-state index in [1.165, 1.54) is 0 Å². The summed E-state index contributed by atoms with van der Waals surface area (Å²) < 4.78 is 32.7. The minimum atomic E-state index is -3.92. The summed E-state index contributed by atoms with van der Waals surface area (Å²) in [7, 11) is -2.30. The molecular formula is C29H31NO4S. The molecule has 1 heterocycles. The highest BCUT2D eigenvalue weighted by Gasteiger charge is 2.53. The zero-order valence-electron chi connectivity index (χ0n) is 20.3. The van der Waals surface area contributed by atoms with Gasteiger partial charge >= 0.3 is 0 Å². The summed E-state index contributed by atoms with van der Waals surface area (Å²) in [5, 5.41) is -1.21. The van der Waals surface area contributed by atoms with Gasteiger partial charge in [0.05, 0.1) is 12.0 Å². The largest absolute Gasteiger partial charge is 0.497 e. The molecular weight excluding hydrogens is 458 g/mol. The maximum absolute atomic E-state index is 13.8. The first-order valence-corrected chi connectivity index (χ1v) is 13.2. The Morgan fingerprint density at radius 2 is 1.43 bits per heavy atom. The van der Waals surface area contributed by atoms with Crippen molar-refractivity contribution < 1.29 is 17.9 Å². The van der Waals surface area contributed by atoms with Gasteiger partial charge in [0.2, 0.25) is 5.91 Å². The van der Waals surface area contributed by atoms with E-state index in [-0.39, 0.29) is 16.8 Å². The van der Waals surface area contributed by atoms with Crippen LogP contribution in [0.1, 0.15) is 22.3 Å². The molecule has 35 heavy (non-hydrogen) atoms. The fourth-order valence-corrected chi connectivity index (χ4v) is 6.65. The summed E-state index contributed by atoms with van der Waals surface area (Å²) in [6.45, 7) is 8.20. The van der Waals surface area contributed by atoms with Gasteiger partial charge in [0.25, 0.3) is 0 Å². The van der Waals surface area contributed by atoms with Crippen molar-refractivity contribution in [3.8, 4) is 5.75 Å². The van der Waals surface area contributed by atoms with Gasteiger partial charge in [-0.25, -0.2) is 8.42 Å². The van der Waals surface area contributed by atoms with Crippen LogP contribution >= 0.6 is 0 Å². The van der Waals surface area contributed by atoms with Crippen LogP contribution in [0.4, 0.5) is 0 Å². The highest BCUT2D eigenvalue weighted by molar-refractivity contribution is 7.92. The first-order valence-electron chi connectivity index (χ1n) is 11.7. The number of aryl methyl sites for hydroxylation is 2. The van der Waals surface area contributed by atoms with Gasteiger partial charge in [-0.2, -0.15) is 0 Å². The molecule has 0 spiro atoms. The topological polar surface area (TPSA) is 63.7 Å². The summed E-state index contributed by atoms with van der Waals surface area (Å²) in [4.78, 5) is 15.7. The molecule has 1 fully saturated rings. The van der Waals surface area contributed by atoms with E-state index in [2.05, 4.69) is 6.58 Å². The molecule has 0 unspecified atom stereocenters. The lowest BCUT2D eigenvalue weighted by atomic mass is 9.93. The Kier molecular flexibility index (Phi) is 7.13. The van der Waals surface area contributed by atoms with E-state index in [1.54, 1.807) is 42.4 Å². The summed E-state index contributed by atoms with van der Waals surface area (Å²) in [6.07, 6.45) is 2.15. The van der Waals surface area contributed by atoms with E-state index in [0.29, 0.717) is 13.0 Å². The lowest BCUT2D eigenvalue weighted by Gasteiger charge is -2.27. The minimum Gasteiger partial charge on any atom is -0.497 e. The average Bonchev–Trinajstić information content (AvgIpc) is 3.12. The number of nitrogens with zero attached hydrogens (tertiary/aromatic N) is 1. The third-order valence-electron chi connectivity index (χ3n) is 6.75. The molecule has 6 heteroatoms. The molecule has 0 aromatic heterocycles. The Balaban J connectivity index is 1.74. The highest BCUT2D eigenvalue weighted by Crippen LogP contribution is 2.37. The van der Waals surface area contributed by atoms with E-state index in [4.69, 9.17) is 4.74 Å². The minimum absolute atomic E-state index is 0.161. The van der Waals surface area contributed by atoms with Gasteiger partial charge in [-0.05, 0) is 55.7 Å². The van der Waals surface area contributed by atoms with Crippen LogP contribution in [0.5, 0.6) is 5.75 Å². The molecule has 0 bridgehead atoms. The van der Waals surface area contributed by atoms with Crippen LogP contribution < -0.4 is 4.74 Å². The molecule has 0 radical (unpaired) electrons. The summed E-state index contributed by atoms with van der Waals surface area (Å²) in [5.74, 6) is -0.191. The van der Waals surface area contributed by atoms with Gasteiger partial charge in [-0.3, -0.25) is 4.79 Å². The Hall–Kier alpha value is -3.38. The Bertz CT molecular complexity index is 1300. The van der Waals surface area contributed by atoms with Crippen molar-refractivity contribution >= 4 is 15.7 Å². The molecule has 0 N–H and O–H groups in total. The van der Waals surface area contributed by atoms with Crippen molar-refractivity contribution in [2.24, 2.45) is 5.92 Å². The molecule has 1 aliphatic heterocycles. The molecule has 1 saturated heterocycles. The number of sulfone groups is 1. The van der Waals surface area contributed by atoms with Crippen LogP contribution in [-0.4, -0.2) is 37.6 Å². The lowest BCUT2D eigenvalue weighted by molar-refractivity contribution is -0.129. The third kappa shape index (κ3) is 5.03. The fourth-order valence-electron chi connectivity index (χ4n) is 4.73. The number of hydrogen-bond donors (Lipinski definition) is 0. The van der Waals surface area contributed by atoms with Crippen molar-refractivity contribution in [3.63, 3.8) is 0 Å².